The Hall–Kier alpha value is -3.29. The molecule has 3 aromatic carbocycles. The standard InChI is InChI=1S/C22H19NO5S/c24-21(13-10-17-6-3-5-16-4-1-2-7-20(16)17)18-8-11-19(12-9-18)29(27,28)23-15-14-22(25)26/h1-13,23H,14-15H2,(H,25,26)/b13-10+. The molecule has 0 fully saturated rings. The molecule has 7 heteroatoms. The first kappa shape index (κ1) is 20.4. The fourth-order valence-corrected chi connectivity index (χ4v) is 3.86. The number of ketones is 1. The normalized spacial score (nSPS) is 11.7. The largest absolute Gasteiger partial charge is 0.481 e. The molecule has 6 nitrogen and oxygen atoms in total. The monoisotopic (exact) mass is 409 g/mol. The molecule has 29 heavy (non-hydrogen) atoms. The summed E-state index contributed by atoms with van der Waals surface area (Å²) >= 11 is 0. The molecule has 148 valence electrons. The zero-order chi connectivity index (χ0) is 20.9. The van der Waals surface area contributed by atoms with Crippen LogP contribution in [0.1, 0.15) is 22.3 Å². The number of carboxylic acid groups (broad SMARTS) is 1. The Morgan fingerprint density at radius 3 is 2.34 bits per heavy atom. The second kappa shape index (κ2) is 8.81. The van der Waals surface area contributed by atoms with Crippen LogP contribution in [0.25, 0.3) is 16.8 Å². The first-order valence-electron chi connectivity index (χ1n) is 8.88. The van der Waals surface area contributed by atoms with Crippen LogP contribution in [0.15, 0.2) is 77.7 Å². The topological polar surface area (TPSA) is 101 Å². The zero-order valence-corrected chi connectivity index (χ0v) is 16.2. The first-order valence-corrected chi connectivity index (χ1v) is 10.4. The quantitative estimate of drug-likeness (QED) is 0.438. The van der Waals surface area contributed by atoms with Gasteiger partial charge < -0.3 is 5.11 Å². The Balaban J connectivity index is 1.73. The van der Waals surface area contributed by atoms with E-state index in [-0.39, 0.29) is 23.6 Å². The zero-order valence-electron chi connectivity index (χ0n) is 15.4. The molecule has 0 aliphatic heterocycles. The van der Waals surface area contributed by atoms with E-state index in [0.29, 0.717) is 5.56 Å². The van der Waals surface area contributed by atoms with Gasteiger partial charge in [0.05, 0.1) is 11.3 Å². The summed E-state index contributed by atoms with van der Waals surface area (Å²) in [6.07, 6.45) is 2.88. The lowest BCUT2D eigenvalue weighted by molar-refractivity contribution is -0.136. The molecular weight excluding hydrogens is 390 g/mol. The van der Waals surface area contributed by atoms with Crippen molar-refractivity contribution < 1.29 is 23.1 Å². The van der Waals surface area contributed by atoms with E-state index in [4.69, 9.17) is 5.11 Å². The maximum atomic E-state index is 12.4. The molecule has 0 amide bonds. The van der Waals surface area contributed by atoms with Gasteiger partial charge in [0.25, 0.3) is 0 Å². The molecule has 0 atom stereocenters. The highest BCUT2D eigenvalue weighted by Gasteiger charge is 2.14. The third-order valence-electron chi connectivity index (χ3n) is 4.32. The van der Waals surface area contributed by atoms with E-state index in [1.54, 1.807) is 6.08 Å². The van der Waals surface area contributed by atoms with Crippen molar-refractivity contribution in [3.63, 3.8) is 0 Å². The number of rotatable bonds is 8. The molecule has 0 aliphatic rings. The van der Waals surface area contributed by atoms with Gasteiger partial charge in [0, 0.05) is 12.1 Å². The third-order valence-corrected chi connectivity index (χ3v) is 5.79. The molecule has 2 N–H and O–H groups in total. The van der Waals surface area contributed by atoms with E-state index in [9.17, 15) is 18.0 Å². The van der Waals surface area contributed by atoms with Gasteiger partial charge in [-0.1, -0.05) is 48.5 Å². The lowest BCUT2D eigenvalue weighted by atomic mass is 10.0. The van der Waals surface area contributed by atoms with Gasteiger partial charge in [-0.15, -0.1) is 0 Å². The number of carbonyl (C=O) groups is 2. The summed E-state index contributed by atoms with van der Waals surface area (Å²) in [5.41, 5.74) is 1.27. The van der Waals surface area contributed by atoms with Gasteiger partial charge in [0.2, 0.25) is 10.0 Å². The minimum Gasteiger partial charge on any atom is -0.481 e. The number of benzene rings is 3. The van der Waals surface area contributed by atoms with Gasteiger partial charge in [-0.3, -0.25) is 9.59 Å². The van der Waals surface area contributed by atoms with E-state index < -0.39 is 16.0 Å². The number of hydrogen-bond acceptors (Lipinski definition) is 4. The molecule has 0 unspecified atom stereocenters. The van der Waals surface area contributed by atoms with Gasteiger partial charge in [0.1, 0.15) is 0 Å². The van der Waals surface area contributed by atoms with Crippen LogP contribution in [0.3, 0.4) is 0 Å². The average Bonchev–Trinajstić information content (AvgIpc) is 2.71. The molecule has 0 saturated carbocycles. The molecule has 0 spiro atoms. The van der Waals surface area contributed by atoms with Crippen LogP contribution in [-0.4, -0.2) is 31.8 Å². The Labute approximate surface area is 168 Å². The van der Waals surface area contributed by atoms with Gasteiger partial charge in [0.15, 0.2) is 5.78 Å². The Morgan fingerprint density at radius 1 is 0.931 bits per heavy atom. The molecule has 0 aromatic heterocycles. The Bertz CT molecular complexity index is 1180. The number of aliphatic carboxylic acids is 1. The Kier molecular flexibility index (Phi) is 6.21. The smallest absolute Gasteiger partial charge is 0.304 e. The van der Waals surface area contributed by atoms with Crippen molar-refractivity contribution in [3.05, 3.63) is 83.9 Å². The number of nitrogens with one attached hydrogen (secondary N) is 1. The lowest BCUT2D eigenvalue weighted by Gasteiger charge is -2.06. The molecule has 3 rings (SSSR count). The number of allylic oxidation sites excluding steroid dienone is 1. The van der Waals surface area contributed by atoms with Crippen molar-refractivity contribution in [2.24, 2.45) is 0 Å². The summed E-state index contributed by atoms with van der Waals surface area (Å²) in [7, 11) is -3.82. The molecule has 0 saturated heterocycles. The SMILES string of the molecule is O=C(O)CCNS(=O)(=O)c1ccc(C(=O)/C=C/c2cccc3ccccc23)cc1. The minimum atomic E-state index is -3.82. The lowest BCUT2D eigenvalue weighted by Crippen LogP contribution is -2.26. The van der Waals surface area contributed by atoms with Crippen molar-refractivity contribution in [3.8, 4) is 0 Å². The van der Waals surface area contributed by atoms with Crippen LogP contribution in [-0.2, 0) is 14.8 Å². The maximum absolute atomic E-state index is 12.4. The summed E-state index contributed by atoms with van der Waals surface area (Å²) < 4.78 is 26.5. The fraction of sp³-hybridized carbons (Fsp3) is 0.0909. The average molecular weight is 409 g/mol. The van der Waals surface area contributed by atoms with Crippen LogP contribution < -0.4 is 4.72 Å². The second-order valence-corrected chi connectivity index (χ2v) is 8.10. The van der Waals surface area contributed by atoms with Crippen molar-refractivity contribution in [1.82, 2.24) is 4.72 Å². The Morgan fingerprint density at radius 2 is 1.62 bits per heavy atom. The number of sulfonamides is 1. The van der Waals surface area contributed by atoms with E-state index in [1.807, 2.05) is 42.5 Å². The van der Waals surface area contributed by atoms with E-state index in [0.717, 1.165) is 16.3 Å². The highest BCUT2D eigenvalue weighted by Crippen LogP contribution is 2.20. The summed E-state index contributed by atoms with van der Waals surface area (Å²) in [6, 6.07) is 19.2. The van der Waals surface area contributed by atoms with Crippen LogP contribution in [0, 0.1) is 0 Å². The van der Waals surface area contributed by atoms with E-state index in [2.05, 4.69) is 4.72 Å². The highest BCUT2D eigenvalue weighted by atomic mass is 32.2. The first-order chi connectivity index (χ1) is 13.9. The molecule has 0 bridgehead atoms. The summed E-state index contributed by atoms with van der Waals surface area (Å²) in [5, 5.41) is 10.7. The predicted molar refractivity (Wildman–Crippen MR) is 111 cm³/mol. The molecule has 0 heterocycles. The van der Waals surface area contributed by atoms with Gasteiger partial charge in [-0.05, 0) is 46.7 Å². The van der Waals surface area contributed by atoms with Crippen molar-refractivity contribution in [2.45, 2.75) is 11.3 Å². The van der Waals surface area contributed by atoms with E-state index in [1.165, 1.54) is 30.3 Å². The molecule has 0 radical (unpaired) electrons. The highest BCUT2D eigenvalue weighted by molar-refractivity contribution is 7.89. The van der Waals surface area contributed by atoms with Gasteiger partial charge in [-0.2, -0.15) is 0 Å². The second-order valence-electron chi connectivity index (χ2n) is 6.33. The molecule has 0 aliphatic carbocycles. The van der Waals surface area contributed by atoms with Gasteiger partial charge >= 0.3 is 5.97 Å². The number of carboxylic acids is 1. The summed E-state index contributed by atoms with van der Waals surface area (Å²) in [4.78, 5) is 22.9. The van der Waals surface area contributed by atoms with Crippen molar-refractivity contribution in [1.29, 1.82) is 0 Å². The van der Waals surface area contributed by atoms with Crippen molar-refractivity contribution >= 4 is 38.6 Å². The number of hydrogen-bond donors (Lipinski definition) is 2. The number of fused-ring (bicyclic) bond motifs is 1. The van der Waals surface area contributed by atoms with Crippen LogP contribution in [0.4, 0.5) is 0 Å². The third kappa shape index (κ3) is 5.16. The summed E-state index contributed by atoms with van der Waals surface area (Å²) in [5.74, 6) is -1.34. The maximum Gasteiger partial charge on any atom is 0.304 e. The van der Waals surface area contributed by atoms with E-state index >= 15 is 0 Å². The minimum absolute atomic E-state index is 0.0301. The van der Waals surface area contributed by atoms with Crippen molar-refractivity contribution in [2.75, 3.05) is 6.54 Å². The fourth-order valence-electron chi connectivity index (χ4n) is 2.83. The van der Waals surface area contributed by atoms with Gasteiger partial charge in [-0.25, -0.2) is 13.1 Å². The summed E-state index contributed by atoms with van der Waals surface area (Å²) in [6.45, 7) is -0.202. The number of carbonyl (C=O) groups excluding carboxylic acids is 1. The predicted octanol–water partition coefficient (Wildman–Crippen LogP) is 3.49. The van der Waals surface area contributed by atoms with Crippen LogP contribution in [0.2, 0.25) is 0 Å². The molecular formula is C22H19NO5S. The van der Waals surface area contributed by atoms with Crippen LogP contribution >= 0.6 is 0 Å². The molecule has 3 aromatic rings. The van der Waals surface area contributed by atoms with Crippen LogP contribution in [0.5, 0.6) is 0 Å².